The zero-order chi connectivity index (χ0) is 20.4. The number of ether oxygens (including phenoxy) is 1. The SMILES string of the molecule is CN=C(NCCCCSC)NCc1ccc(C(=O)N2CC(C)OC(C)C2)cc1.I. The number of hydrogen-bond donors (Lipinski definition) is 2. The second-order valence-corrected chi connectivity index (χ2v) is 8.20. The summed E-state index contributed by atoms with van der Waals surface area (Å²) in [7, 11) is 1.78. The van der Waals surface area contributed by atoms with E-state index in [-0.39, 0.29) is 42.1 Å². The van der Waals surface area contributed by atoms with E-state index in [0.717, 1.165) is 30.1 Å². The van der Waals surface area contributed by atoms with Gasteiger partial charge in [-0.2, -0.15) is 11.8 Å². The van der Waals surface area contributed by atoms with E-state index >= 15 is 0 Å². The molecule has 164 valence electrons. The quantitative estimate of drug-likeness (QED) is 0.232. The highest BCUT2D eigenvalue weighted by Crippen LogP contribution is 2.15. The molecule has 1 fully saturated rings. The fourth-order valence-corrected chi connectivity index (χ4v) is 3.77. The minimum absolute atomic E-state index is 0. The molecule has 1 aliphatic rings. The average molecular weight is 535 g/mol. The number of amides is 1. The van der Waals surface area contributed by atoms with E-state index in [0.29, 0.717) is 19.6 Å². The summed E-state index contributed by atoms with van der Waals surface area (Å²) in [5.74, 6) is 2.07. The molecule has 0 spiro atoms. The Balaban J connectivity index is 0.00000420. The van der Waals surface area contributed by atoms with Gasteiger partial charge in [-0.25, -0.2) is 0 Å². The Morgan fingerprint density at radius 1 is 1.17 bits per heavy atom. The first-order valence-electron chi connectivity index (χ1n) is 10.0. The van der Waals surface area contributed by atoms with Crippen molar-refractivity contribution < 1.29 is 9.53 Å². The van der Waals surface area contributed by atoms with E-state index in [1.165, 1.54) is 12.2 Å². The maximum absolute atomic E-state index is 12.7. The van der Waals surface area contributed by atoms with Gasteiger partial charge in [0, 0.05) is 38.8 Å². The molecular weight excluding hydrogens is 499 g/mol. The normalized spacial score (nSPS) is 19.4. The first-order chi connectivity index (χ1) is 13.5. The lowest BCUT2D eigenvalue weighted by molar-refractivity contribution is -0.0586. The number of aliphatic imine (C=N–C) groups is 1. The number of nitrogens with zero attached hydrogens (tertiary/aromatic N) is 2. The van der Waals surface area contributed by atoms with Gasteiger partial charge in [0.1, 0.15) is 0 Å². The van der Waals surface area contributed by atoms with Crippen LogP contribution in [0.3, 0.4) is 0 Å². The molecule has 0 saturated carbocycles. The second-order valence-electron chi connectivity index (χ2n) is 7.22. The molecule has 1 amide bonds. The van der Waals surface area contributed by atoms with E-state index in [2.05, 4.69) is 21.9 Å². The Morgan fingerprint density at radius 2 is 1.83 bits per heavy atom. The third-order valence-electron chi connectivity index (χ3n) is 4.66. The summed E-state index contributed by atoms with van der Waals surface area (Å²) in [6.07, 6.45) is 4.64. The van der Waals surface area contributed by atoms with Crippen molar-refractivity contribution in [3.63, 3.8) is 0 Å². The van der Waals surface area contributed by atoms with E-state index in [1.54, 1.807) is 7.05 Å². The molecule has 2 rings (SSSR count). The number of halogens is 1. The van der Waals surface area contributed by atoms with Gasteiger partial charge >= 0.3 is 0 Å². The highest BCUT2D eigenvalue weighted by atomic mass is 127. The molecular formula is C21H35IN4O2S. The van der Waals surface area contributed by atoms with Gasteiger partial charge < -0.3 is 20.3 Å². The van der Waals surface area contributed by atoms with Crippen LogP contribution >= 0.6 is 35.7 Å². The molecule has 0 aliphatic carbocycles. The van der Waals surface area contributed by atoms with Crippen LogP contribution < -0.4 is 10.6 Å². The largest absolute Gasteiger partial charge is 0.372 e. The van der Waals surface area contributed by atoms with Crippen LogP contribution in [0.1, 0.15) is 42.6 Å². The van der Waals surface area contributed by atoms with E-state index in [9.17, 15) is 4.79 Å². The van der Waals surface area contributed by atoms with Crippen LogP contribution in [-0.2, 0) is 11.3 Å². The van der Waals surface area contributed by atoms with Crippen LogP contribution in [0, 0.1) is 0 Å². The number of carbonyl (C=O) groups excluding carboxylic acids is 1. The van der Waals surface area contributed by atoms with Gasteiger partial charge in [0.2, 0.25) is 0 Å². The number of thioether (sulfide) groups is 1. The lowest BCUT2D eigenvalue weighted by Gasteiger charge is -2.35. The fraction of sp³-hybridized carbons (Fsp3) is 0.619. The Kier molecular flexibility index (Phi) is 12.6. The van der Waals surface area contributed by atoms with E-state index in [4.69, 9.17) is 4.74 Å². The highest BCUT2D eigenvalue weighted by Gasteiger charge is 2.26. The Morgan fingerprint density at radius 3 is 2.41 bits per heavy atom. The topological polar surface area (TPSA) is 66.0 Å². The van der Waals surface area contributed by atoms with Gasteiger partial charge in [0.05, 0.1) is 12.2 Å². The molecule has 1 heterocycles. The van der Waals surface area contributed by atoms with Gasteiger partial charge in [-0.1, -0.05) is 12.1 Å². The molecule has 1 aliphatic heterocycles. The van der Waals surface area contributed by atoms with Gasteiger partial charge in [-0.3, -0.25) is 9.79 Å². The molecule has 8 heteroatoms. The standard InChI is InChI=1S/C21H34N4O2S.HI/c1-16-14-25(15-17(2)27-16)20(26)19-9-7-18(8-10-19)13-24-21(22-3)23-11-5-6-12-28-4;/h7-10,16-17H,5-6,11-15H2,1-4H3,(H2,22,23,24);1H. The number of rotatable bonds is 8. The first-order valence-corrected chi connectivity index (χ1v) is 11.4. The Bertz CT molecular complexity index is 632. The van der Waals surface area contributed by atoms with Crippen LogP contribution in [0.5, 0.6) is 0 Å². The van der Waals surface area contributed by atoms with Crippen LogP contribution in [0.4, 0.5) is 0 Å². The van der Waals surface area contributed by atoms with E-state index < -0.39 is 0 Å². The van der Waals surface area contributed by atoms with Crippen molar-refractivity contribution in [1.82, 2.24) is 15.5 Å². The minimum Gasteiger partial charge on any atom is -0.372 e. The second kappa shape index (κ2) is 14.1. The molecule has 0 aromatic heterocycles. The molecule has 1 aromatic carbocycles. The summed E-state index contributed by atoms with van der Waals surface area (Å²) in [5.41, 5.74) is 1.84. The summed E-state index contributed by atoms with van der Waals surface area (Å²) >= 11 is 1.88. The maximum Gasteiger partial charge on any atom is 0.254 e. The van der Waals surface area contributed by atoms with Crippen molar-refractivity contribution in [3.05, 3.63) is 35.4 Å². The van der Waals surface area contributed by atoms with Gasteiger partial charge in [-0.15, -0.1) is 24.0 Å². The third-order valence-corrected chi connectivity index (χ3v) is 5.36. The van der Waals surface area contributed by atoms with Crippen molar-refractivity contribution in [2.45, 2.75) is 45.4 Å². The zero-order valence-electron chi connectivity index (χ0n) is 17.9. The van der Waals surface area contributed by atoms with Crippen molar-refractivity contribution in [3.8, 4) is 0 Å². The molecule has 1 saturated heterocycles. The summed E-state index contributed by atoms with van der Waals surface area (Å²) in [6.45, 7) is 6.90. The number of guanidine groups is 1. The molecule has 2 unspecified atom stereocenters. The molecule has 0 radical (unpaired) electrons. The van der Waals surface area contributed by atoms with Gasteiger partial charge in [0.25, 0.3) is 5.91 Å². The zero-order valence-corrected chi connectivity index (χ0v) is 21.1. The van der Waals surface area contributed by atoms with Crippen LogP contribution in [0.15, 0.2) is 29.3 Å². The Labute approximate surface area is 196 Å². The van der Waals surface area contributed by atoms with Gasteiger partial charge in [0.15, 0.2) is 5.96 Å². The molecule has 29 heavy (non-hydrogen) atoms. The lowest BCUT2D eigenvalue weighted by Crippen LogP contribution is -2.48. The Hall–Kier alpha value is -1.00. The predicted molar refractivity (Wildman–Crippen MR) is 134 cm³/mol. The molecule has 0 bridgehead atoms. The number of hydrogen-bond acceptors (Lipinski definition) is 4. The summed E-state index contributed by atoms with van der Waals surface area (Å²) in [4.78, 5) is 18.9. The summed E-state index contributed by atoms with van der Waals surface area (Å²) < 4.78 is 5.71. The fourth-order valence-electron chi connectivity index (χ4n) is 3.28. The van der Waals surface area contributed by atoms with Crippen molar-refractivity contribution >= 4 is 47.6 Å². The number of carbonyl (C=O) groups is 1. The van der Waals surface area contributed by atoms with Crippen molar-refractivity contribution in [2.24, 2.45) is 4.99 Å². The number of benzene rings is 1. The van der Waals surface area contributed by atoms with Gasteiger partial charge in [-0.05, 0) is 56.4 Å². The minimum atomic E-state index is 0. The third kappa shape index (κ3) is 9.13. The number of nitrogens with one attached hydrogen (secondary N) is 2. The van der Waals surface area contributed by atoms with Crippen molar-refractivity contribution in [1.29, 1.82) is 0 Å². The van der Waals surface area contributed by atoms with Crippen LogP contribution in [0.25, 0.3) is 0 Å². The first kappa shape index (κ1) is 26.0. The smallest absolute Gasteiger partial charge is 0.254 e. The molecule has 6 nitrogen and oxygen atoms in total. The van der Waals surface area contributed by atoms with E-state index in [1.807, 2.05) is 54.8 Å². The highest BCUT2D eigenvalue weighted by molar-refractivity contribution is 14.0. The van der Waals surface area contributed by atoms with Crippen LogP contribution in [-0.4, -0.2) is 67.7 Å². The van der Waals surface area contributed by atoms with Crippen molar-refractivity contribution in [2.75, 3.05) is 38.7 Å². The number of unbranched alkanes of at least 4 members (excludes halogenated alkanes) is 1. The van der Waals surface area contributed by atoms with Crippen LogP contribution in [0.2, 0.25) is 0 Å². The summed E-state index contributed by atoms with van der Waals surface area (Å²) in [5, 5.41) is 6.66. The average Bonchev–Trinajstić information content (AvgIpc) is 2.69. The summed E-state index contributed by atoms with van der Waals surface area (Å²) in [6, 6.07) is 7.81. The maximum atomic E-state index is 12.7. The molecule has 2 N–H and O–H groups in total. The molecule has 1 aromatic rings. The molecule has 2 atom stereocenters. The monoisotopic (exact) mass is 534 g/mol. The predicted octanol–water partition coefficient (Wildman–Crippen LogP) is 3.36. The number of morpholine rings is 1. The lowest BCUT2D eigenvalue weighted by atomic mass is 10.1.